The quantitative estimate of drug-likeness (QED) is 0.672. The summed E-state index contributed by atoms with van der Waals surface area (Å²) in [5.74, 6) is -6.98. The average molecular weight is 376 g/mol. The first-order valence-corrected chi connectivity index (χ1v) is 8.48. The van der Waals surface area contributed by atoms with Crippen LogP contribution in [0.5, 0.6) is 17.2 Å². The highest BCUT2D eigenvalue weighted by atomic mass is 16.7. The van der Waals surface area contributed by atoms with E-state index in [0.717, 1.165) is 6.08 Å². The fourth-order valence-electron chi connectivity index (χ4n) is 4.07. The molecule has 0 amide bonds. The van der Waals surface area contributed by atoms with Crippen LogP contribution in [0.25, 0.3) is 0 Å². The molecule has 0 spiro atoms. The predicted molar refractivity (Wildman–Crippen MR) is 90.9 cm³/mol. The summed E-state index contributed by atoms with van der Waals surface area (Å²) in [6.07, 6.45) is 0.451. The highest BCUT2D eigenvalue weighted by molar-refractivity contribution is 6.26. The summed E-state index contributed by atoms with van der Waals surface area (Å²) in [6.45, 7) is 6.38. The van der Waals surface area contributed by atoms with Crippen molar-refractivity contribution in [3.05, 3.63) is 28.3 Å². The van der Waals surface area contributed by atoms with Crippen molar-refractivity contribution in [2.75, 3.05) is 7.11 Å². The number of ketones is 2. The van der Waals surface area contributed by atoms with E-state index in [2.05, 4.69) is 0 Å². The molecule has 0 bridgehead atoms. The zero-order chi connectivity index (χ0) is 20.1. The van der Waals surface area contributed by atoms with Crippen LogP contribution in [0.15, 0.2) is 11.6 Å². The number of rotatable bonds is 1. The van der Waals surface area contributed by atoms with Gasteiger partial charge in [0, 0.05) is 11.1 Å². The molecule has 3 atom stereocenters. The van der Waals surface area contributed by atoms with Crippen LogP contribution in [-0.4, -0.2) is 45.9 Å². The van der Waals surface area contributed by atoms with Gasteiger partial charge in [-0.15, -0.1) is 0 Å². The first-order chi connectivity index (χ1) is 12.4. The molecule has 3 N–H and O–H groups in total. The molecule has 1 aromatic rings. The topological polar surface area (TPSA) is 123 Å². The molecule has 1 fully saturated rings. The zero-order valence-corrected chi connectivity index (χ0v) is 15.5. The lowest BCUT2D eigenvalue weighted by molar-refractivity contribution is -0.327. The van der Waals surface area contributed by atoms with Crippen molar-refractivity contribution in [3.8, 4) is 17.2 Å². The molecule has 2 aliphatic heterocycles. The molecule has 8 heteroatoms. The molecule has 0 radical (unpaired) electrons. The zero-order valence-electron chi connectivity index (χ0n) is 15.5. The van der Waals surface area contributed by atoms with Crippen LogP contribution in [0.2, 0.25) is 0 Å². The van der Waals surface area contributed by atoms with Crippen molar-refractivity contribution in [2.24, 2.45) is 5.41 Å². The maximum atomic E-state index is 12.9. The van der Waals surface area contributed by atoms with Crippen LogP contribution in [0.4, 0.5) is 0 Å². The van der Waals surface area contributed by atoms with E-state index in [9.17, 15) is 24.9 Å². The number of hydrogen-bond donors (Lipinski definition) is 3. The van der Waals surface area contributed by atoms with Gasteiger partial charge >= 0.3 is 0 Å². The van der Waals surface area contributed by atoms with Crippen LogP contribution in [0.3, 0.4) is 0 Å². The standard InChI is InChI=1S/C19H20O8/c1-7-6-9(20)10-11(13(7)21)12-15(16(25-5)14(10)22)27-19(24)17(3,4)8(2)26-18(12,19)23/h6,8,22-24H,1-5H3/t8-,18-,19-/m0/s1. The summed E-state index contributed by atoms with van der Waals surface area (Å²) < 4.78 is 16.6. The van der Waals surface area contributed by atoms with Crippen molar-refractivity contribution < 1.29 is 39.1 Å². The number of aromatic hydroxyl groups is 1. The number of methoxy groups -OCH3 is 1. The van der Waals surface area contributed by atoms with Gasteiger partial charge in [0.25, 0.3) is 11.6 Å². The normalized spacial score (nSPS) is 33.1. The Bertz CT molecular complexity index is 959. The molecule has 3 aliphatic rings. The maximum Gasteiger partial charge on any atom is 0.275 e. The van der Waals surface area contributed by atoms with Gasteiger partial charge in [0.05, 0.1) is 29.8 Å². The van der Waals surface area contributed by atoms with Crippen molar-refractivity contribution in [1.29, 1.82) is 0 Å². The highest BCUT2D eigenvalue weighted by Gasteiger charge is 2.77. The fourth-order valence-corrected chi connectivity index (χ4v) is 4.07. The molecule has 8 nitrogen and oxygen atoms in total. The minimum atomic E-state index is -2.43. The number of hydrogen-bond acceptors (Lipinski definition) is 8. The van der Waals surface area contributed by atoms with Crippen LogP contribution in [0, 0.1) is 5.41 Å². The first kappa shape index (κ1) is 18.0. The molecule has 1 aliphatic carbocycles. The Morgan fingerprint density at radius 3 is 2.41 bits per heavy atom. The van der Waals surface area contributed by atoms with Gasteiger partial charge in [-0.3, -0.25) is 9.59 Å². The van der Waals surface area contributed by atoms with Crippen LogP contribution < -0.4 is 9.47 Å². The summed E-state index contributed by atoms with van der Waals surface area (Å²) in [4.78, 5) is 25.4. The van der Waals surface area contributed by atoms with Crippen molar-refractivity contribution in [3.63, 3.8) is 0 Å². The summed E-state index contributed by atoms with van der Waals surface area (Å²) >= 11 is 0. The van der Waals surface area contributed by atoms with E-state index >= 15 is 0 Å². The molecule has 0 saturated carbocycles. The van der Waals surface area contributed by atoms with Gasteiger partial charge in [0.2, 0.25) is 5.75 Å². The number of Topliss-reactive ketones (excluding diaryl/α,β-unsaturated/α-hetero) is 1. The fraction of sp³-hybridized carbons (Fsp3) is 0.474. The molecule has 2 heterocycles. The van der Waals surface area contributed by atoms with Gasteiger partial charge in [-0.25, -0.2) is 0 Å². The molecule has 144 valence electrons. The third kappa shape index (κ3) is 1.73. The third-order valence-electron chi connectivity index (χ3n) is 6.05. The Hall–Kier alpha value is -2.42. The molecule has 0 unspecified atom stereocenters. The van der Waals surface area contributed by atoms with Gasteiger partial charge in [-0.2, -0.15) is 0 Å². The third-order valence-corrected chi connectivity index (χ3v) is 6.05. The number of phenols is 1. The van der Waals surface area contributed by atoms with Gasteiger partial charge < -0.3 is 29.5 Å². The summed E-state index contributed by atoms with van der Waals surface area (Å²) in [7, 11) is 1.23. The second kappa shape index (κ2) is 4.89. The number of fused-ring (bicyclic) bond motifs is 5. The van der Waals surface area contributed by atoms with E-state index in [4.69, 9.17) is 14.2 Å². The van der Waals surface area contributed by atoms with Crippen molar-refractivity contribution >= 4 is 11.6 Å². The average Bonchev–Trinajstić information content (AvgIpc) is 2.87. The number of aliphatic hydroxyl groups is 2. The first-order valence-electron chi connectivity index (χ1n) is 8.48. The van der Waals surface area contributed by atoms with Gasteiger partial charge in [0.1, 0.15) is 0 Å². The van der Waals surface area contributed by atoms with Crippen molar-refractivity contribution in [1.82, 2.24) is 0 Å². The summed E-state index contributed by atoms with van der Waals surface area (Å²) in [6, 6.07) is 0. The maximum absolute atomic E-state index is 12.9. The molecule has 1 aromatic carbocycles. The monoisotopic (exact) mass is 376 g/mol. The van der Waals surface area contributed by atoms with Crippen LogP contribution in [-0.2, 0) is 10.5 Å². The summed E-state index contributed by atoms with van der Waals surface area (Å²) in [5, 5.41) is 33.3. The van der Waals surface area contributed by atoms with E-state index in [1.54, 1.807) is 20.8 Å². The van der Waals surface area contributed by atoms with E-state index in [-0.39, 0.29) is 33.8 Å². The molecule has 27 heavy (non-hydrogen) atoms. The Morgan fingerprint density at radius 1 is 1.19 bits per heavy atom. The SMILES string of the molecule is COc1c(O)c2c(c3c1O[C@@]1(O)C(C)(C)[C@H](C)O[C@@]31O)C(=O)C(C)=CC2=O. The largest absolute Gasteiger partial charge is 0.504 e. The van der Waals surface area contributed by atoms with E-state index in [1.165, 1.54) is 14.0 Å². The number of carbonyl (C=O) groups is 2. The Kier molecular flexibility index (Phi) is 3.25. The number of allylic oxidation sites excluding steroid dienone is 2. The van der Waals surface area contributed by atoms with E-state index in [1.807, 2.05) is 0 Å². The second-order valence-electron chi connectivity index (χ2n) is 7.73. The number of benzene rings is 1. The van der Waals surface area contributed by atoms with E-state index in [0.29, 0.717) is 0 Å². The Labute approximate surface area is 155 Å². The smallest absolute Gasteiger partial charge is 0.275 e. The molecule has 1 saturated heterocycles. The lowest BCUT2D eigenvalue weighted by Crippen LogP contribution is -2.56. The van der Waals surface area contributed by atoms with Gasteiger partial charge in [-0.05, 0) is 19.9 Å². The predicted octanol–water partition coefficient (Wildman–Crippen LogP) is 1.40. The minimum Gasteiger partial charge on any atom is -0.504 e. The van der Waals surface area contributed by atoms with Gasteiger partial charge in [-0.1, -0.05) is 13.8 Å². The van der Waals surface area contributed by atoms with Gasteiger partial charge in [0.15, 0.2) is 23.1 Å². The summed E-state index contributed by atoms with van der Waals surface area (Å²) in [5.41, 5.74) is -1.75. The molecular formula is C19H20O8. The number of ether oxygens (including phenoxy) is 3. The lowest BCUT2D eigenvalue weighted by Gasteiger charge is -2.37. The molecular weight excluding hydrogens is 356 g/mol. The molecule has 0 aromatic heterocycles. The van der Waals surface area contributed by atoms with E-state index < -0.39 is 40.4 Å². The lowest BCUT2D eigenvalue weighted by atomic mass is 9.75. The number of carbonyl (C=O) groups excluding carboxylic acids is 2. The minimum absolute atomic E-state index is 0.128. The number of phenolic OH excluding ortho intramolecular Hbond substituents is 1. The molecule has 4 rings (SSSR count). The van der Waals surface area contributed by atoms with Crippen LogP contribution in [0.1, 0.15) is 54.0 Å². The van der Waals surface area contributed by atoms with Crippen LogP contribution >= 0.6 is 0 Å². The van der Waals surface area contributed by atoms with Crippen molar-refractivity contribution in [2.45, 2.75) is 45.4 Å². The second-order valence-corrected chi connectivity index (χ2v) is 7.73. The highest BCUT2D eigenvalue weighted by Crippen LogP contribution is 2.66. The Morgan fingerprint density at radius 2 is 1.81 bits per heavy atom. The Balaban J connectivity index is 2.15.